The highest BCUT2D eigenvalue weighted by Gasteiger charge is 2.32. The van der Waals surface area contributed by atoms with Crippen LogP contribution in [0.3, 0.4) is 0 Å². The Balaban J connectivity index is 1.93. The van der Waals surface area contributed by atoms with E-state index in [1.807, 2.05) is 6.92 Å². The van der Waals surface area contributed by atoms with E-state index in [1.54, 1.807) is 10.7 Å². The predicted molar refractivity (Wildman–Crippen MR) is 115 cm³/mol. The topological polar surface area (TPSA) is 124 Å². The van der Waals surface area contributed by atoms with Gasteiger partial charge in [0.25, 0.3) is 0 Å². The predicted octanol–water partition coefficient (Wildman–Crippen LogP) is 2.21. The Kier molecular flexibility index (Phi) is 6.57. The van der Waals surface area contributed by atoms with Crippen molar-refractivity contribution in [1.82, 2.24) is 18.9 Å². The molecule has 3 heterocycles. The number of β-amino-alcohol motifs (C(OH)–C–C–N with tert-alkyl or cyclic N) is 1. The van der Waals surface area contributed by atoms with Gasteiger partial charge in [-0.25, -0.2) is 17.9 Å². The van der Waals surface area contributed by atoms with E-state index in [1.165, 1.54) is 4.31 Å². The maximum Gasteiger partial charge on any atom is 0.241 e. The molecule has 0 aliphatic carbocycles. The molecule has 30 heavy (non-hydrogen) atoms. The largest absolute Gasteiger partial charge is 0.390 e. The Morgan fingerprint density at radius 2 is 2.17 bits per heavy atom. The van der Waals surface area contributed by atoms with Gasteiger partial charge in [0.05, 0.1) is 40.9 Å². The second kappa shape index (κ2) is 8.67. The lowest BCUT2D eigenvalue weighted by Gasteiger charge is -2.34. The van der Waals surface area contributed by atoms with E-state index in [2.05, 4.69) is 35.3 Å². The number of piperidine rings is 1. The maximum atomic E-state index is 11.7. The molecule has 0 bridgehead atoms. The van der Waals surface area contributed by atoms with Gasteiger partial charge in [-0.2, -0.15) is 9.57 Å². The lowest BCUT2D eigenvalue weighted by molar-refractivity contribution is 0.0950. The molecule has 9 nitrogen and oxygen atoms in total. The average molecular weight is 455 g/mol. The van der Waals surface area contributed by atoms with Gasteiger partial charge in [-0.1, -0.05) is 38.8 Å². The van der Waals surface area contributed by atoms with Crippen molar-refractivity contribution in [2.45, 2.75) is 51.7 Å². The molecule has 2 N–H and O–H groups in total. The van der Waals surface area contributed by atoms with Gasteiger partial charge < -0.3 is 10.4 Å². The van der Waals surface area contributed by atoms with Gasteiger partial charge >= 0.3 is 0 Å². The number of halogens is 1. The van der Waals surface area contributed by atoms with Gasteiger partial charge in [0.2, 0.25) is 16.0 Å². The van der Waals surface area contributed by atoms with E-state index in [-0.39, 0.29) is 18.4 Å². The van der Waals surface area contributed by atoms with Crippen LogP contribution in [0.4, 0.5) is 5.95 Å². The Morgan fingerprint density at radius 1 is 1.47 bits per heavy atom. The first kappa shape index (κ1) is 22.7. The molecule has 1 fully saturated rings. The molecule has 0 aromatic carbocycles. The van der Waals surface area contributed by atoms with E-state index in [4.69, 9.17) is 11.6 Å². The molecule has 0 radical (unpaired) electrons. The fourth-order valence-corrected chi connectivity index (χ4v) is 4.91. The Bertz CT molecular complexity index is 1080. The third-order valence-corrected chi connectivity index (χ3v) is 7.68. The summed E-state index contributed by atoms with van der Waals surface area (Å²) in [5.41, 5.74) is 1.69. The standard InChI is InChI=1S/C19H27ClN6O3S/c1-5-11(2)12(3)18-13(8-21)17(20)15-9-22-19(24-26(15)18)23-14-6-7-25(10-16(14)27)30(4,28)29/h9,11-12,14,16,27H,5-7,10H2,1-4H3,(H,23,24)/t11?,12?,14-,16-/m1/s1. The summed E-state index contributed by atoms with van der Waals surface area (Å²) < 4.78 is 26.3. The number of aliphatic hydroxyl groups is 1. The molecule has 1 saturated heterocycles. The molecule has 2 unspecified atom stereocenters. The van der Waals surface area contributed by atoms with Crippen LogP contribution in [0.1, 0.15) is 50.8 Å². The van der Waals surface area contributed by atoms with Gasteiger partial charge in [-0.15, -0.1) is 5.10 Å². The van der Waals surface area contributed by atoms with Crippen molar-refractivity contribution >= 4 is 33.1 Å². The highest BCUT2D eigenvalue weighted by atomic mass is 35.5. The maximum absolute atomic E-state index is 11.7. The monoisotopic (exact) mass is 454 g/mol. The zero-order valence-electron chi connectivity index (χ0n) is 17.5. The first-order valence-electron chi connectivity index (χ1n) is 9.95. The van der Waals surface area contributed by atoms with E-state index in [0.29, 0.717) is 35.0 Å². The Labute approximate surface area is 181 Å². The van der Waals surface area contributed by atoms with Crippen molar-refractivity contribution in [2.75, 3.05) is 24.7 Å². The zero-order chi connectivity index (χ0) is 22.2. The molecule has 3 rings (SSSR count). The summed E-state index contributed by atoms with van der Waals surface area (Å²) in [7, 11) is -3.35. The number of nitriles is 1. The minimum atomic E-state index is -3.35. The number of nitrogens with one attached hydrogen (secondary N) is 1. The molecular formula is C19H27ClN6O3S. The summed E-state index contributed by atoms with van der Waals surface area (Å²) in [6.45, 7) is 6.58. The quantitative estimate of drug-likeness (QED) is 0.685. The second-order valence-electron chi connectivity index (χ2n) is 7.97. The van der Waals surface area contributed by atoms with Crippen molar-refractivity contribution in [3.63, 3.8) is 0 Å². The number of hydrogen-bond donors (Lipinski definition) is 2. The summed E-state index contributed by atoms with van der Waals surface area (Å²) >= 11 is 6.43. The van der Waals surface area contributed by atoms with Gasteiger partial charge in [0.1, 0.15) is 11.6 Å². The lowest BCUT2D eigenvalue weighted by atomic mass is 9.89. The zero-order valence-corrected chi connectivity index (χ0v) is 19.1. The fourth-order valence-electron chi connectivity index (χ4n) is 3.79. The summed E-state index contributed by atoms with van der Waals surface area (Å²) in [6.07, 6.45) is 3.16. The van der Waals surface area contributed by atoms with Crippen LogP contribution in [-0.4, -0.2) is 63.9 Å². The minimum absolute atomic E-state index is 0.0168. The number of sulfonamides is 1. The smallest absolute Gasteiger partial charge is 0.241 e. The van der Waals surface area contributed by atoms with Crippen LogP contribution in [0.2, 0.25) is 5.02 Å². The second-order valence-corrected chi connectivity index (χ2v) is 10.3. The summed E-state index contributed by atoms with van der Waals surface area (Å²) in [6, 6.07) is 1.81. The number of fused-ring (bicyclic) bond motifs is 1. The van der Waals surface area contributed by atoms with E-state index in [9.17, 15) is 18.8 Å². The fraction of sp³-hybridized carbons (Fsp3) is 0.632. The molecular weight excluding hydrogens is 428 g/mol. The van der Waals surface area contributed by atoms with Crippen molar-refractivity contribution < 1.29 is 13.5 Å². The summed E-state index contributed by atoms with van der Waals surface area (Å²) in [5.74, 6) is 0.656. The Hall–Kier alpha value is -1.93. The SMILES string of the molecule is CCC(C)C(C)c1c(C#N)c(Cl)c2cnc(N[C@@H]3CCN(S(C)(=O)=O)C[C@H]3O)nn12. The molecule has 11 heteroatoms. The molecule has 4 atom stereocenters. The number of hydrogen-bond acceptors (Lipinski definition) is 7. The van der Waals surface area contributed by atoms with Gasteiger partial charge in [0.15, 0.2) is 0 Å². The summed E-state index contributed by atoms with van der Waals surface area (Å²) in [4.78, 5) is 4.30. The first-order chi connectivity index (χ1) is 14.1. The van der Waals surface area contributed by atoms with Crippen LogP contribution in [-0.2, 0) is 10.0 Å². The van der Waals surface area contributed by atoms with Crippen LogP contribution in [0.15, 0.2) is 6.20 Å². The molecule has 0 saturated carbocycles. The number of anilines is 1. The number of nitrogens with zero attached hydrogens (tertiary/aromatic N) is 5. The number of rotatable bonds is 6. The van der Waals surface area contributed by atoms with Gasteiger partial charge in [-0.3, -0.25) is 0 Å². The molecule has 0 amide bonds. The van der Waals surface area contributed by atoms with Crippen LogP contribution < -0.4 is 5.32 Å². The van der Waals surface area contributed by atoms with Crippen molar-refractivity contribution in [3.8, 4) is 6.07 Å². The van der Waals surface area contributed by atoms with Crippen LogP contribution in [0, 0.1) is 17.2 Å². The third-order valence-electron chi connectivity index (χ3n) is 6.03. The Morgan fingerprint density at radius 3 is 2.73 bits per heavy atom. The first-order valence-corrected chi connectivity index (χ1v) is 12.2. The van der Waals surface area contributed by atoms with Crippen molar-refractivity contribution in [1.29, 1.82) is 5.26 Å². The highest BCUT2D eigenvalue weighted by Crippen LogP contribution is 2.36. The number of aromatic nitrogens is 3. The van der Waals surface area contributed by atoms with E-state index >= 15 is 0 Å². The van der Waals surface area contributed by atoms with Gasteiger partial charge in [-0.05, 0) is 12.3 Å². The van der Waals surface area contributed by atoms with Crippen molar-refractivity contribution in [2.24, 2.45) is 5.92 Å². The summed E-state index contributed by atoms with van der Waals surface area (Å²) in [5, 5.41) is 28.1. The number of aliphatic hydroxyl groups excluding tert-OH is 1. The highest BCUT2D eigenvalue weighted by molar-refractivity contribution is 7.88. The van der Waals surface area contributed by atoms with Gasteiger partial charge in [0, 0.05) is 19.0 Å². The average Bonchev–Trinajstić information content (AvgIpc) is 2.98. The molecule has 1 aliphatic rings. The lowest BCUT2D eigenvalue weighted by Crippen LogP contribution is -2.51. The van der Waals surface area contributed by atoms with Crippen LogP contribution in [0.5, 0.6) is 0 Å². The molecule has 1 aliphatic heterocycles. The van der Waals surface area contributed by atoms with Crippen molar-refractivity contribution in [3.05, 3.63) is 22.5 Å². The molecule has 2 aromatic rings. The normalized spacial score (nSPS) is 22.6. The van der Waals surface area contributed by atoms with E-state index < -0.39 is 22.2 Å². The minimum Gasteiger partial charge on any atom is -0.390 e. The van der Waals surface area contributed by atoms with Crippen LogP contribution >= 0.6 is 11.6 Å². The molecule has 2 aromatic heterocycles. The molecule has 164 valence electrons. The van der Waals surface area contributed by atoms with E-state index in [0.717, 1.165) is 18.4 Å². The van der Waals surface area contributed by atoms with Crippen LogP contribution in [0.25, 0.3) is 5.52 Å². The molecule has 0 spiro atoms. The third kappa shape index (κ3) is 4.25.